The average molecular weight is 600 g/mol. The van der Waals surface area contributed by atoms with E-state index in [0.717, 1.165) is 22.6 Å². The quantitative estimate of drug-likeness (QED) is 0.175. The summed E-state index contributed by atoms with van der Waals surface area (Å²) in [6.07, 6.45) is 1.11. The average Bonchev–Trinajstić information content (AvgIpc) is 3.61. The summed E-state index contributed by atoms with van der Waals surface area (Å²) in [6, 6.07) is 14.9. The lowest BCUT2D eigenvalue weighted by Gasteiger charge is -2.32. The zero-order chi connectivity index (χ0) is 30.3. The van der Waals surface area contributed by atoms with Crippen molar-refractivity contribution in [1.29, 1.82) is 0 Å². The molecule has 0 radical (unpaired) electrons. The molecule has 3 N–H and O–H groups in total. The first kappa shape index (κ1) is 31.3. The second kappa shape index (κ2) is 14.0. The van der Waals surface area contributed by atoms with Gasteiger partial charge in [-0.05, 0) is 43.0 Å². The number of benzene rings is 2. The zero-order valence-electron chi connectivity index (χ0n) is 24.1. The Hall–Kier alpha value is -3.67. The zero-order valence-corrected chi connectivity index (χ0v) is 24.9. The van der Waals surface area contributed by atoms with Crippen molar-refractivity contribution in [3.8, 4) is 0 Å². The van der Waals surface area contributed by atoms with E-state index in [1.54, 1.807) is 17.9 Å². The molecule has 11 nitrogen and oxygen atoms in total. The Bertz CT molecular complexity index is 1290. The van der Waals surface area contributed by atoms with Gasteiger partial charge in [0.25, 0.3) is 0 Å². The number of ether oxygens (including phenoxy) is 3. The fourth-order valence-corrected chi connectivity index (χ4v) is 5.35. The summed E-state index contributed by atoms with van der Waals surface area (Å²) in [6.45, 7) is 4.00. The van der Waals surface area contributed by atoms with Gasteiger partial charge in [-0.3, -0.25) is 14.6 Å². The Balaban J connectivity index is 1.55. The number of hydrazine groups is 1. The number of nitrogens with zero attached hydrogens (tertiary/aromatic N) is 3. The van der Waals surface area contributed by atoms with Crippen molar-refractivity contribution in [1.82, 2.24) is 15.2 Å². The highest BCUT2D eigenvalue weighted by Gasteiger charge is 2.45. The number of hydrogen-bond acceptors (Lipinski definition) is 8. The van der Waals surface area contributed by atoms with Gasteiger partial charge in [0.2, 0.25) is 11.8 Å². The van der Waals surface area contributed by atoms with Crippen LogP contribution in [0.5, 0.6) is 0 Å². The van der Waals surface area contributed by atoms with Crippen molar-refractivity contribution in [2.75, 3.05) is 26.8 Å². The summed E-state index contributed by atoms with van der Waals surface area (Å²) in [4.78, 5) is 44.9. The second-order valence-corrected chi connectivity index (χ2v) is 11.2. The van der Waals surface area contributed by atoms with Gasteiger partial charge >= 0.3 is 12.0 Å². The van der Waals surface area contributed by atoms with Crippen LogP contribution in [0, 0.1) is 0 Å². The summed E-state index contributed by atoms with van der Waals surface area (Å²) in [7, 11) is 1.40. The summed E-state index contributed by atoms with van der Waals surface area (Å²) in [5.41, 5.74) is 0.986. The molecule has 1 saturated heterocycles. The minimum absolute atomic E-state index is 0.0187. The van der Waals surface area contributed by atoms with Crippen molar-refractivity contribution in [3.05, 3.63) is 70.7 Å². The van der Waals surface area contributed by atoms with Gasteiger partial charge in [0.05, 0.1) is 12.7 Å². The predicted octanol–water partition coefficient (Wildman–Crippen LogP) is 3.09. The minimum Gasteiger partial charge on any atom is -0.477 e. The molecule has 1 fully saturated rings. The molecule has 3 amide bonds. The van der Waals surface area contributed by atoms with E-state index in [-0.39, 0.29) is 25.7 Å². The Kier molecular flexibility index (Phi) is 10.4. The topological polar surface area (TPSA) is 136 Å². The molecule has 2 aliphatic heterocycles. The van der Waals surface area contributed by atoms with Crippen LogP contribution in [0.2, 0.25) is 5.02 Å². The SMILES string of the molecule is CC(=O)OC[C@@]1(Cc2cccc(Cl)c2)COC(C2CCCN2C(=O)[C@@H](NC(=O)N(C)N)C(C)OCc2ccccc2)=N1. The summed E-state index contributed by atoms with van der Waals surface area (Å²) < 4.78 is 17.5. The van der Waals surface area contributed by atoms with Crippen LogP contribution in [0.25, 0.3) is 0 Å². The van der Waals surface area contributed by atoms with Crippen LogP contribution in [-0.4, -0.2) is 84.2 Å². The Morgan fingerprint density at radius 2 is 1.95 bits per heavy atom. The highest BCUT2D eigenvalue weighted by atomic mass is 35.5. The van der Waals surface area contributed by atoms with E-state index in [4.69, 9.17) is 36.6 Å². The fraction of sp³-hybridized carbons (Fsp3) is 0.467. The minimum atomic E-state index is -1.01. The normalized spacial score (nSPS) is 21.2. The number of nitrogens with one attached hydrogen (secondary N) is 1. The Labute approximate surface area is 250 Å². The van der Waals surface area contributed by atoms with E-state index < -0.39 is 35.7 Å². The van der Waals surface area contributed by atoms with Gasteiger partial charge in [-0.1, -0.05) is 54.1 Å². The summed E-state index contributed by atoms with van der Waals surface area (Å²) in [5.74, 6) is 5.30. The van der Waals surface area contributed by atoms with Crippen molar-refractivity contribution < 1.29 is 28.6 Å². The monoisotopic (exact) mass is 599 g/mol. The number of rotatable bonds is 11. The third kappa shape index (κ3) is 7.99. The predicted molar refractivity (Wildman–Crippen MR) is 158 cm³/mol. The molecule has 2 aliphatic rings. The molecule has 4 rings (SSSR count). The molecule has 0 bridgehead atoms. The Morgan fingerprint density at radius 3 is 2.64 bits per heavy atom. The molecule has 12 heteroatoms. The lowest BCUT2D eigenvalue weighted by molar-refractivity contribution is -0.143. The number of urea groups is 1. The molecule has 0 aromatic heterocycles. The lowest BCUT2D eigenvalue weighted by atomic mass is 9.93. The number of esters is 1. The van der Waals surface area contributed by atoms with Crippen LogP contribution in [-0.2, 0) is 36.8 Å². The smallest absolute Gasteiger partial charge is 0.332 e. The van der Waals surface area contributed by atoms with Crippen molar-refractivity contribution in [3.63, 3.8) is 0 Å². The number of carbonyl (C=O) groups excluding carboxylic acids is 3. The second-order valence-electron chi connectivity index (χ2n) is 10.8. The molecule has 4 atom stereocenters. The summed E-state index contributed by atoms with van der Waals surface area (Å²) >= 11 is 6.21. The van der Waals surface area contributed by atoms with Crippen LogP contribution < -0.4 is 11.2 Å². The standard InChI is InChI=1S/C30H38ClN5O6/c1-20(40-17-22-9-5-4-6-10-22)26(33-29(39)35(3)32)28(38)36-14-8-13-25(36)27-34-30(19-42-27,18-41-21(2)37)16-23-11-7-12-24(31)15-23/h4-7,9-12,15,20,25-26H,8,13-14,16-19,32H2,1-3H3,(H,33,39)/t20?,25?,26-,30-/m0/s1. The van der Waals surface area contributed by atoms with Crippen molar-refractivity contribution >= 4 is 35.4 Å². The van der Waals surface area contributed by atoms with Gasteiger partial charge in [0.15, 0.2) is 0 Å². The number of nitrogens with two attached hydrogens (primary N) is 1. The number of aliphatic imine (C=N–C) groups is 1. The maximum absolute atomic E-state index is 14.0. The first-order valence-electron chi connectivity index (χ1n) is 13.9. The maximum Gasteiger partial charge on any atom is 0.332 e. The van der Waals surface area contributed by atoms with Crippen molar-refractivity contribution in [2.24, 2.45) is 10.8 Å². The van der Waals surface area contributed by atoms with E-state index in [0.29, 0.717) is 30.3 Å². The highest BCUT2D eigenvalue weighted by molar-refractivity contribution is 6.30. The third-order valence-electron chi connectivity index (χ3n) is 7.31. The van der Waals surface area contributed by atoms with E-state index in [2.05, 4.69) is 5.32 Å². The molecular weight excluding hydrogens is 562 g/mol. The van der Waals surface area contributed by atoms with Crippen LogP contribution in [0.4, 0.5) is 4.79 Å². The van der Waals surface area contributed by atoms with Crippen LogP contribution >= 0.6 is 11.6 Å². The third-order valence-corrected chi connectivity index (χ3v) is 7.55. The van der Waals surface area contributed by atoms with E-state index in [1.807, 2.05) is 48.5 Å². The first-order chi connectivity index (χ1) is 20.1. The number of carbonyl (C=O) groups is 3. The number of hydrogen-bond donors (Lipinski definition) is 2. The fourth-order valence-electron chi connectivity index (χ4n) is 5.13. The Morgan fingerprint density at radius 1 is 1.21 bits per heavy atom. The van der Waals surface area contributed by atoms with Gasteiger partial charge in [-0.2, -0.15) is 0 Å². The molecular formula is C30H38ClN5O6. The molecule has 0 aliphatic carbocycles. The van der Waals surface area contributed by atoms with E-state index >= 15 is 0 Å². The van der Waals surface area contributed by atoms with Gasteiger partial charge in [-0.15, -0.1) is 0 Å². The molecule has 226 valence electrons. The van der Waals surface area contributed by atoms with E-state index in [9.17, 15) is 14.4 Å². The lowest BCUT2D eigenvalue weighted by Crippen LogP contribution is -2.58. The van der Waals surface area contributed by atoms with Crippen LogP contribution in [0.15, 0.2) is 59.6 Å². The van der Waals surface area contributed by atoms with Crippen LogP contribution in [0.3, 0.4) is 0 Å². The first-order valence-corrected chi connectivity index (χ1v) is 14.3. The number of amides is 3. The maximum atomic E-state index is 14.0. The largest absolute Gasteiger partial charge is 0.477 e. The molecule has 2 heterocycles. The van der Waals surface area contributed by atoms with Gasteiger partial charge in [0, 0.05) is 32.0 Å². The van der Waals surface area contributed by atoms with Gasteiger partial charge in [-0.25, -0.2) is 15.6 Å². The molecule has 2 aromatic carbocycles. The molecule has 42 heavy (non-hydrogen) atoms. The van der Waals surface area contributed by atoms with Crippen molar-refractivity contribution in [2.45, 2.75) is 63.4 Å². The highest BCUT2D eigenvalue weighted by Crippen LogP contribution is 2.31. The van der Waals surface area contributed by atoms with Gasteiger partial charge in [0.1, 0.15) is 30.8 Å². The van der Waals surface area contributed by atoms with E-state index in [1.165, 1.54) is 14.0 Å². The van der Waals surface area contributed by atoms with Gasteiger partial charge < -0.3 is 24.4 Å². The van der Waals surface area contributed by atoms with Crippen LogP contribution in [0.1, 0.15) is 37.8 Å². The summed E-state index contributed by atoms with van der Waals surface area (Å²) in [5, 5.41) is 4.19. The number of halogens is 1. The molecule has 2 aromatic rings. The molecule has 0 saturated carbocycles. The molecule has 2 unspecified atom stereocenters. The number of likely N-dealkylation sites (tertiary alicyclic amines) is 1. The molecule has 0 spiro atoms.